The first-order valence-electron chi connectivity index (χ1n) is 6.15. The van der Waals surface area contributed by atoms with Crippen LogP contribution in [0.4, 0.5) is 10.8 Å². The molecule has 1 heterocycles. The molecule has 6 heteroatoms. The van der Waals surface area contributed by atoms with E-state index in [0.29, 0.717) is 0 Å². The summed E-state index contributed by atoms with van der Waals surface area (Å²) in [6, 6.07) is 18.2. The number of rotatable bonds is 4. The Bertz CT molecular complexity index is 684. The lowest BCUT2D eigenvalue weighted by Gasteiger charge is -1.99. The predicted molar refractivity (Wildman–Crippen MR) is 87.7 cm³/mol. The molecule has 3 aromatic rings. The van der Waals surface area contributed by atoms with Crippen molar-refractivity contribution in [3.8, 4) is 11.3 Å². The van der Waals surface area contributed by atoms with Crippen molar-refractivity contribution in [2.75, 3.05) is 10.9 Å². The maximum Gasteiger partial charge on any atom is 0.355 e. The highest BCUT2D eigenvalue weighted by Crippen LogP contribution is 2.22. The number of anilines is 2. The first-order chi connectivity index (χ1) is 9.81. The van der Waals surface area contributed by atoms with E-state index in [0.717, 1.165) is 26.5 Å². The van der Waals surface area contributed by atoms with Crippen LogP contribution >= 0.6 is 27.3 Å². The molecule has 2 aromatic carbocycles. The average molecular weight is 427 g/mol. The first kappa shape index (κ1) is 16.0. The standard InChI is InChI=1S/C15H12BrN3S.BrH/c16-12-8-6-11(7-9-12)14-10-20-15(17-14)19-18-13-4-2-1-3-5-13;/h1-10,18H,(H,17,19);1H. The van der Waals surface area contributed by atoms with E-state index in [2.05, 4.69) is 49.3 Å². The summed E-state index contributed by atoms with van der Waals surface area (Å²) in [5.41, 5.74) is 9.61. The van der Waals surface area contributed by atoms with Gasteiger partial charge in [-0.05, 0) is 36.4 Å². The van der Waals surface area contributed by atoms with Gasteiger partial charge in [0.05, 0.1) is 5.69 Å². The van der Waals surface area contributed by atoms with Crippen LogP contribution in [-0.4, -0.2) is 0 Å². The van der Waals surface area contributed by atoms with Crippen molar-refractivity contribution < 1.29 is 22.0 Å². The van der Waals surface area contributed by atoms with Gasteiger partial charge < -0.3 is 17.0 Å². The zero-order valence-electron chi connectivity index (χ0n) is 10.9. The van der Waals surface area contributed by atoms with Gasteiger partial charge in [0, 0.05) is 15.4 Å². The second-order valence-corrected chi connectivity index (χ2v) is 6.02. The van der Waals surface area contributed by atoms with Gasteiger partial charge in [-0.2, -0.15) is 5.43 Å². The average Bonchev–Trinajstić information content (AvgIpc) is 2.96. The van der Waals surface area contributed by atoms with Crippen LogP contribution in [0.25, 0.3) is 11.3 Å². The van der Waals surface area contributed by atoms with Crippen molar-refractivity contribution in [3.05, 3.63) is 64.5 Å². The maximum atomic E-state index is 3.44. The van der Waals surface area contributed by atoms with E-state index < -0.39 is 0 Å². The van der Waals surface area contributed by atoms with Crippen LogP contribution in [0, 0.1) is 0 Å². The smallest absolute Gasteiger partial charge is 0.355 e. The number of nitrogens with one attached hydrogen (secondary N) is 3. The van der Waals surface area contributed by atoms with Gasteiger partial charge >= 0.3 is 5.13 Å². The number of aromatic amines is 1. The summed E-state index contributed by atoms with van der Waals surface area (Å²) in [5, 5.41) is 3.06. The normalized spacial score (nSPS) is 9.76. The maximum absolute atomic E-state index is 3.44. The van der Waals surface area contributed by atoms with Crippen molar-refractivity contribution >= 4 is 38.1 Å². The highest BCUT2D eigenvalue weighted by Gasteiger charge is 2.09. The fraction of sp³-hybridized carbons (Fsp3) is 0. The predicted octanol–water partition coefficient (Wildman–Crippen LogP) is 1.43. The van der Waals surface area contributed by atoms with Crippen LogP contribution in [0.1, 0.15) is 0 Å². The largest absolute Gasteiger partial charge is 1.00 e. The Labute approximate surface area is 146 Å². The highest BCUT2D eigenvalue weighted by atomic mass is 79.9. The molecule has 0 aliphatic carbocycles. The number of hydrazine groups is 1. The minimum atomic E-state index is 0. The van der Waals surface area contributed by atoms with Crippen LogP contribution < -0.4 is 32.8 Å². The molecule has 0 radical (unpaired) electrons. The van der Waals surface area contributed by atoms with Crippen LogP contribution in [0.2, 0.25) is 0 Å². The highest BCUT2D eigenvalue weighted by molar-refractivity contribution is 9.10. The Morgan fingerprint density at radius 1 is 0.905 bits per heavy atom. The summed E-state index contributed by atoms with van der Waals surface area (Å²) in [4.78, 5) is 3.35. The molecule has 0 spiro atoms. The van der Waals surface area contributed by atoms with E-state index in [-0.39, 0.29) is 17.0 Å². The van der Waals surface area contributed by atoms with Crippen molar-refractivity contribution in [2.45, 2.75) is 0 Å². The van der Waals surface area contributed by atoms with Gasteiger partial charge in [-0.1, -0.05) is 45.5 Å². The van der Waals surface area contributed by atoms with E-state index in [1.165, 1.54) is 0 Å². The number of hydrogen-bond donors (Lipinski definition) is 2. The molecule has 1 aromatic heterocycles. The summed E-state index contributed by atoms with van der Waals surface area (Å²) < 4.78 is 1.08. The molecule has 0 saturated heterocycles. The molecule has 108 valence electrons. The van der Waals surface area contributed by atoms with Crippen LogP contribution in [-0.2, 0) is 0 Å². The molecule has 0 amide bonds. The van der Waals surface area contributed by atoms with Gasteiger partial charge in [0.1, 0.15) is 5.69 Å². The van der Waals surface area contributed by atoms with Gasteiger partial charge in [0.25, 0.3) is 0 Å². The van der Waals surface area contributed by atoms with Crippen molar-refractivity contribution in [3.63, 3.8) is 0 Å². The number of thiazole rings is 1. The summed E-state index contributed by atoms with van der Waals surface area (Å²) in [5.74, 6) is 0. The molecule has 0 unspecified atom stereocenters. The van der Waals surface area contributed by atoms with Crippen LogP contribution in [0.5, 0.6) is 0 Å². The van der Waals surface area contributed by atoms with Gasteiger partial charge in [-0.3, -0.25) is 0 Å². The summed E-state index contributed by atoms with van der Waals surface area (Å²) in [7, 11) is 0. The molecule has 3 N–H and O–H groups in total. The molecular formula is C15H13Br2N3S. The molecule has 3 nitrogen and oxygen atoms in total. The number of para-hydroxylation sites is 1. The van der Waals surface area contributed by atoms with Crippen molar-refractivity contribution in [2.24, 2.45) is 0 Å². The third kappa shape index (κ3) is 4.30. The molecule has 0 saturated carbocycles. The van der Waals surface area contributed by atoms with E-state index in [1.807, 2.05) is 42.5 Å². The Kier molecular flexibility index (Phi) is 5.78. The summed E-state index contributed by atoms with van der Waals surface area (Å²) in [6.45, 7) is 0. The molecule has 3 rings (SSSR count). The third-order valence-corrected chi connectivity index (χ3v) is 4.11. The second kappa shape index (κ2) is 7.59. The van der Waals surface area contributed by atoms with Crippen molar-refractivity contribution in [1.29, 1.82) is 0 Å². The molecule has 21 heavy (non-hydrogen) atoms. The fourth-order valence-electron chi connectivity index (χ4n) is 1.78. The zero-order valence-corrected chi connectivity index (χ0v) is 14.9. The summed E-state index contributed by atoms with van der Waals surface area (Å²) in [6.07, 6.45) is 0. The minimum absolute atomic E-state index is 0. The Balaban J connectivity index is 0.00000161. The first-order valence-corrected chi connectivity index (χ1v) is 7.82. The van der Waals surface area contributed by atoms with Gasteiger partial charge in [0.15, 0.2) is 0 Å². The van der Waals surface area contributed by atoms with E-state index in [9.17, 15) is 0 Å². The SMILES string of the molecule is Brc1ccc(-c2csc(NNc3ccccc3)[nH+]2)cc1.[Br-]. The molecular weight excluding hydrogens is 414 g/mol. The molecule has 0 atom stereocenters. The van der Waals surface area contributed by atoms with E-state index in [4.69, 9.17) is 0 Å². The Morgan fingerprint density at radius 2 is 1.62 bits per heavy atom. The van der Waals surface area contributed by atoms with Gasteiger partial charge in [-0.25, -0.2) is 10.4 Å². The van der Waals surface area contributed by atoms with Crippen LogP contribution in [0.3, 0.4) is 0 Å². The van der Waals surface area contributed by atoms with Gasteiger partial charge in [0.2, 0.25) is 0 Å². The minimum Gasteiger partial charge on any atom is -1.00 e. The van der Waals surface area contributed by atoms with Gasteiger partial charge in [-0.15, -0.1) is 0 Å². The number of hydrogen-bond acceptors (Lipinski definition) is 3. The lowest BCUT2D eigenvalue weighted by Crippen LogP contribution is -3.00. The monoisotopic (exact) mass is 425 g/mol. The lowest BCUT2D eigenvalue weighted by atomic mass is 10.2. The van der Waals surface area contributed by atoms with Crippen LogP contribution in [0.15, 0.2) is 64.5 Å². The quantitative estimate of drug-likeness (QED) is 0.619. The number of H-pyrrole nitrogens is 1. The number of aromatic nitrogens is 1. The van der Waals surface area contributed by atoms with E-state index >= 15 is 0 Å². The third-order valence-electron chi connectivity index (χ3n) is 2.79. The molecule has 0 bridgehead atoms. The summed E-state index contributed by atoms with van der Waals surface area (Å²) >= 11 is 5.07. The molecule has 0 aliphatic heterocycles. The van der Waals surface area contributed by atoms with E-state index in [1.54, 1.807) is 11.3 Å². The molecule has 0 fully saturated rings. The fourth-order valence-corrected chi connectivity index (χ4v) is 2.75. The topological polar surface area (TPSA) is 38.2 Å². The molecule has 0 aliphatic rings. The van der Waals surface area contributed by atoms with Crippen molar-refractivity contribution in [1.82, 2.24) is 0 Å². The number of halogens is 2. The zero-order chi connectivity index (χ0) is 13.8. The lowest BCUT2D eigenvalue weighted by molar-refractivity contribution is -0.341. The Morgan fingerprint density at radius 3 is 2.33 bits per heavy atom. The Hall–Kier alpha value is -1.37. The number of benzene rings is 2. The second-order valence-electron chi connectivity index (χ2n) is 4.23.